The molecule has 1 unspecified atom stereocenters. The molecule has 0 N–H and O–H groups in total. The molecule has 1 aliphatic rings. The fourth-order valence-electron chi connectivity index (χ4n) is 2.36. The number of unbranched alkanes of at least 4 members (excludes halogenated alkanes) is 1. The SMILES string of the molecule is CCCCC1CN(CCc2ccccc2)C1=O. The lowest BCUT2D eigenvalue weighted by atomic mass is 9.92. The summed E-state index contributed by atoms with van der Waals surface area (Å²) < 4.78 is 0. The van der Waals surface area contributed by atoms with Gasteiger partial charge in [-0.05, 0) is 18.4 Å². The van der Waals surface area contributed by atoms with Crippen molar-refractivity contribution in [2.24, 2.45) is 5.92 Å². The summed E-state index contributed by atoms with van der Waals surface area (Å²) in [6.07, 6.45) is 4.43. The van der Waals surface area contributed by atoms with Crippen LogP contribution >= 0.6 is 0 Å². The van der Waals surface area contributed by atoms with Crippen LogP contribution in [0.4, 0.5) is 0 Å². The summed E-state index contributed by atoms with van der Waals surface area (Å²) >= 11 is 0. The lowest BCUT2D eigenvalue weighted by Crippen LogP contribution is -2.52. The Kier molecular flexibility index (Phi) is 4.18. The minimum Gasteiger partial charge on any atom is -0.341 e. The van der Waals surface area contributed by atoms with Gasteiger partial charge in [0, 0.05) is 13.1 Å². The second kappa shape index (κ2) is 5.85. The second-order valence-corrected chi connectivity index (χ2v) is 4.86. The predicted octanol–water partition coefficient (Wildman–Crippen LogP) is 2.88. The Morgan fingerprint density at radius 2 is 2.06 bits per heavy atom. The summed E-state index contributed by atoms with van der Waals surface area (Å²) in [5.74, 6) is 0.695. The van der Waals surface area contributed by atoms with Crippen LogP contribution < -0.4 is 0 Å². The maximum absolute atomic E-state index is 11.8. The highest BCUT2D eigenvalue weighted by Crippen LogP contribution is 2.23. The number of rotatable bonds is 6. The molecular weight excluding hydrogens is 210 g/mol. The van der Waals surface area contributed by atoms with Crippen LogP contribution in [0, 0.1) is 5.92 Å². The van der Waals surface area contributed by atoms with E-state index in [0.717, 1.165) is 25.9 Å². The molecule has 92 valence electrons. The number of β-lactam (4-membered cyclic amide) rings is 1. The largest absolute Gasteiger partial charge is 0.341 e. The molecule has 0 spiro atoms. The molecule has 0 radical (unpaired) electrons. The number of nitrogens with zero attached hydrogens (tertiary/aromatic N) is 1. The van der Waals surface area contributed by atoms with Crippen molar-refractivity contribution in [1.29, 1.82) is 0 Å². The quantitative estimate of drug-likeness (QED) is 0.689. The Morgan fingerprint density at radius 1 is 1.29 bits per heavy atom. The van der Waals surface area contributed by atoms with Gasteiger partial charge in [0.1, 0.15) is 0 Å². The summed E-state index contributed by atoms with van der Waals surface area (Å²) in [6, 6.07) is 10.4. The van der Waals surface area contributed by atoms with Crippen LogP contribution in [-0.2, 0) is 11.2 Å². The number of hydrogen-bond acceptors (Lipinski definition) is 1. The highest BCUT2D eigenvalue weighted by atomic mass is 16.2. The van der Waals surface area contributed by atoms with Gasteiger partial charge >= 0.3 is 0 Å². The molecule has 2 nitrogen and oxygen atoms in total. The smallest absolute Gasteiger partial charge is 0.227 e. The third-order valence-corrected chi connectivity index (χ3v) is 3.52. The molecule has 2 heteroatoms. The average Bonchev–Trinajstić information content (AvgIpc) is 2.38. The molecule has 0 saturated carbocycles. The lowest BCUT2D eigenvalue weighted by Gasteiger charge is -2.38. The zero-order valence-electron chi connectivity index (χ0n) is 10.6. The van der Waals surface area contributed by atoms with E-state index in [1.54, 1.807) is 0 Å². The lowest BCUT2D eigenvalue weighted by molar-refractivity contribution is -0.148. The van der Waals surface area contributed by atoms with Gasteiger partial charge in [-0.15, -0.1) is 0 Å². The molecule has 17 heavy (non-hydrogen) atoms. The van der Waals surface area contributed by atoms with E-state index in [1.807, 2.05) is 11.0 Å². The first-order valence-electron chi connectivity index (χ1n) is 6.64. The predicted molar refractivity (Wildman–Crippen MR) is 69.7 cm³/mol. The number of amides is 1. The van der Waals surface area contributed by atoms with Gasteiger partial charge in [0.05, 0.1) is 5.92 Å². The number of carbonyl (C=O) groups is 1. The molecule has 1 aromatic carbocycles. The normalized spacial score (nSPS) is 19.2. The van der Waals surface area contributed by atoms with E-state index >= 15 is 0 Å². The molecular formula is C15H21NO. The molecule has 0 aromatic heterocycles. The summed E-state index contributed by atoms with van der Waals surface area (Å²) in [5.41, 5.74) is 1.32. The second-order valence-electron chi connectivity index (χ2n) is 4.86. The van der Waals surface area contributed by atoms with Crippen molar-refractivity contribution in [3.05, 3.63) is 35.9 Å². The standard InChI is InChI=1S/C15H21NO/c1-2-3-9-14-12-16(15(14)17)11-10-13-7-5-4-6-8-13/h4-8,14H,2-3,9-12H2,1H3. The van der Waals surface area contributed by atoms with Crippen LogP contribution in [0.2, 0.25) is 0 Å². The highest BCUT2D eigenvalue weighted by Gasteiger charge is 2.34. The molecule has 0 aliphatic carbocycles. The number of benzene rings is 1. The average molecular weight is 231 g/mol. The van der Waals surface area contributed by atoms with E-state index in [4.69, 9.17) is 0 Å². The summed E-state index contributed by atoms with van der Waals surface area (Å²) in [6.45, 7) is 4.04. The van der Waals surface area contributed by atoms with Crippen molar-refractivity contribution in [3.8, 4) is 0 Å². The van der Waals surface area contributed by atoms with Gasteiger partial charge < -0.3 is 4.90 Å². The zero-order valence-corrected chi connectivity index (χ0v) is 10.6. The Balaban J connectivity index is 1.71. The van der Waals surface area contributed by atoms with Crippen molar-refractivity contribution in [2.45, 2.75) is 32.6 Å². The van der Waals surface area contributed by atoms with Gasteiger partial charge in [-0.1, -0.05) is 50.1 Å². The number of carbonyl (C=O) groups excluding carboxylic acids is 1. The number of likely N-dealkylation sites (tertiary alicyclic amines) is 1. The Labute approximate surface area is 104 Å². The highest BCUT2D eigenvalue weighted by molar-refractivity contribution is 5.84. The third-order valence-electron chi connectivity index (χ3n) is 3.52. The molecule has 0 bridgehead atoms. The first kappa shape index (κ1) is 12.2. The van der Waals surface area contributed by atoms with Crippen LogP contribution in [0.25, 0.3) is 0 Å². The van der Waals surface area contributed by atoms with Crippen molar-refractivity contribution in [2.75, 3.05) is 13.1 Å². The van der Waals surface area contributed by atoms with Crippen LogP contribution in [0.3, 0.4) is 0 Å². The van der Waals surface area contributed by atoms with E-state index in [0.29, 0.717) is 11.8 Å². The van der Waals surface area contributed by atoms with Crippen LogP contribution in [0.1, 0.15) is 31.7 Å². The Bertz CT molecular complexity index is 360. The van der Waals surface area contributed by atoms with E-state index < -0.39 is 0 Å². The van der Waals surface area contributed by atoms with E-state index in [2.05, 4.69) is 31.2 Å². The molecule has 1 atom stereocenters. The number of hydrogen-bond donors (Lipinski definition) is 0. The molecule has 1 fully saturated rings. The fraction of sp³-hybridized carbons (Fsp3) is 0.533. The Hall–Kier alpha value is -1.31. The van der Waals surface area contributed by atoms with Crippen LogP contribution in [-0.4, -0.2) is 23.9 Å². The van der Waals surface area contributed by atoms with Gasteiger partial charge in [0.15, 0.2) is 0 Å². The van der Waals surface area contributed by atoms with Crippen molar-refractivity contribution >= 4 is 5.91 Å². The Morgan fingerprint density at radius 3 is 2.71 bits per heavy atom. The van der Waals surface area contributed by atoms with Gasteiger partial charge in [0.25, 0.3) is 0 Å². The third kappa shape index (κ3) is 3.09. The zero-order chi connectivity index (χ0) is 12.1. The van der Waals surface area contributed by atoms with Crippen LogP contribution in [0.15, 0.2) is 30.3 Å². The van der Waals surface area contributed by atoms with Crippen molar-refractivity contribution in [1.82, 2.24) is 4.90 Å². The molecule has 1 aliphatic heterocycles. The summed E-state index contributed by atoms with van der Waals surface area (Å²) in [4.78, 5) is 13.8. The minimum atomic E-state index is 0.325. The van der Waals surface area contributed by atoms with E-state index in [1.165, 1.54) is 18.4 Å². The van der Waals surface area contributed by atoms with E-state index in [-0.39, 0.29) is 0 Å². The molecule has 1 heterocycles. The van der Waals surface area contributed by atoms with Crippen molar-refractivity contribution in [3.63, 3.8) is 0 Å². The minimum absolute atomic E-state index is 0.325. The maximum atomic E-state index is 11.8. The van der Waals surface area contributed by atoms with Gasteiger partial charge in [-0.25, -0.2) is 0 Å². The first-order chi connectivity index (χ1) is 8.31. The van der Waals surface area contributed by atoms with Gasteiger partial charge in [-0.3, -0.25) is 4.79 Å². The van der Waals surface area contributed by atoms with Gasteiger partial charge in [0.2, 0.25) is 5.91 Å². The maximum Gasteiger partial charge on any atom is 0.227 e. The van der Waals surface area contributed by atoms with Crippen LogP contribution in [0.5, 0.6) is 0 Å². The molecule has 1 saturated heterocycles. The van der Waals surface area contributed by atoms with E-state index in [9.17, 15) is 4.79 Å². The summed E-state index contributed by atoms with van der Waals surface area (Å²) in [5, 5.41) is 0. The first-order valence-corrected chi connectivity index (χ1v) is 6.64. The monoisotopic (exact) mass is 231 g/mol. The molecule has 1 amide bonds. The molecule has 1 aromatic rings. The van der Waals surface area contributed by atoms with Crippen molar-refractivity contribution < 1.29 is 4.79 Å². The molecule has 2 rings (SSSR count). The topological polar surface area (TPSA) is 20.3 Å². The van der Waals surface area contributed by atoms with Gasteiger partial charge in [-0.2, -0.15) is 0 Å². The fourth-order valence-corrected chi connectivity index (χ4v) is 2.36. The summed E-state index contributed by atoms with van der Waals surface area (Å²) in [7, 11) is 0.